The van der Waals surface area contributed by atoms with Gasteiger partial charge < -0.3 is 34.3 Å². The molecule has 0 bridgehead atoms. The molecule has 240 valence electrons. The van der Waals surface area contributed by atoms with Crippen LogP contribution in [0.2, 0.25) is 0 Å². The fourth-order valence-corrected chi connectivity index (χ4v) is 7.17. The van der Waals surface area contributed by atoms with Gasteiger partial charge in [-0.05, 0) is 64.7 Å². The summed E-state index contributed by atoms with van der Waals surface area (Å²) in [6, 6.07) is 3.75. The van der Waals surface area contributed by atoms with Crippen LogP contribution in [0.5, 0.6) is 11.5 Å². The van der Waals surface area contributed by atoms with Gasteiger partial charge in [-0.3, -0.25) is 9.59 Å². The smallest absolute Gasteiger partial charge is 0.254 e. The summed E-state index contributed by atoms with van der Waals surface area (Å²) in [6.45, 7) is 13.8. The summed E-state index contributed by atoms with van der Waals surface area (Å²) in [4.78, 5) is 44.1. The fourth-order valence-electron chi connectivity index (χ4n) is 6.46. The lowest BCUT2D eigenvalue weighted by molar-refractivity contribution is -0.124. The Labute approximate surface area is 268 Å². The Hall–Kier alpha value is -3.61. The molecule has 0 saturated carbocycles. The zero-order valence-corrected chi connectivity index (χ0v) is 27.5. The van der Waals surface area contributed by atoms with Gasteiger partial charge in [0.05, 0.1) is 13.2 Å². The van der Waals surface area contributed by atoms with Gasteiger partial charge in [0.2, 0.25) is 5.95 Å². The molecule has 3 aliphatic heterocycles. The quantitative estimate of drug-likeness (QED) is 0.350. The SMILES string of the molecule is CCN1CCC(C2(C)Oc3c(-c4cnc(N5CCOCC5)nc4)cc(C(=O)NCc4c(SC)cc(C)[nH]c4=O)c(C)c3O2)CC1. The maximum Gasteiger partial charge on any atom is 0.254 e. The summed E-state index contributed by atoms with van der Waals surface area (Å²) in [5.41, 5.74) is 3.66. The molecule has 2 fully saturated rings. The summed E-state index contributed by atoms with van der Waals surface area (Å²) in [5, 5.41) is 2.98. The number of aromatic nitrogens is 3. The van der Waals surface area contributed by atoms with Crippen molar-refractivity contribution in [1.29, 1.82) is 0 Å². The van der Waals surface area contributed by atoms with Crippen LogP contribution >= 0.6 is 11.8 Å². The van der Waals surface area contributed by atoms with Crippen molar-refractivity contribution in [3.63, 3.8) is 0 Å². The number of nitrogens with one attached hydrogen (secondary N) is 2. The predicted octanol–water partition coefficient (Wildman–Crippen LogP) is 4.16. The summed E-state index contributed by atoms with van der Waals surface area (Å²) in [6.07, 6.45) is 7.39. The molecule has 0 spiro atoms. The van der Waals surface area contributed by atoms with Crippen molar-refractivity contribution in [2.45, 2.75) is 57.8 Å². The zero-order chi connectivity index (χ0) is 31.7. The first-order valence-corrected chi connectivity index (χ1v) is 16.9. The average Bonchev–Trinajstić information content (AvgIpc) is 3.43. The van der Waals surface area contributed by atoms with Gasteiger partial charge in [0.1, 0.15) is 0 Å². The first kappa shape index (κ1) is 31.4. The number of benzene rings is 1. The minimum atomic E-state index is -0.867. The van der Waals surface area contributed by atoms with Crippen molar-refractivity contribution in [2.24, 2.45) is 5.92 Å². The molecule has 1 atom stereocenters. The number of nitrogens with zero attached hydrogens (tertiary/aromatic N) is 4. The van der Waals surface area contributed by atoms with Gasteiger partial charge in [0, 0.05) is 83.3 Å². The Balaban J connectivity index is 1.34. The molecule has 1 aromatic carbocycles. The minimum Gasteiger partial charge on any atom is -0.448 e. The molecule has 12 heteroatoms. The van der Waals surface area contributed by atoms with E-state index in [1.54, 1.807) is 12.4 Å². The van der Waals surface area contributed by atoms with E-state index in [2.05, 4.69) is 37.0 Å². The molecule has 1 unspecified atom stereocenters. The van der Waals surface area contributed by atoms with Gasteiger partial charge >= 0.3 is 0 Å². The van der Waals surface area contributed by atoms with Crippen molar-refractivity contribution in [2.75, 3.05) is 57.1 Å². The number of rotatable bonds is 8. The molecule has 3 aliphatic rings. The number of hydrogen-bond donors (Lipinski definition) is 2. The van der Waals surface area contributed by atoms with Gasteiger partial charge in [0.15, 0.2) is 11.5 Å². The van der Waals surface area contributed by atoms with E-state index in [-0.39, 0.29) is 23.9 Å². The van der Waals surface area contributed by atoms with Crippen molar-refractivity contribution >= 4 is 23.6 Å². The molecule has 5 heterocycles. The number of anilines is 1. The molecule has 6 rings (SSSR count). The van der Waals surface area contributed by atoms with Crippen LogP contribution in [0.1, 0.15) is 53.9 Å². The van der Waals surface area contributed by atoms with E-state index in [0.29, 0.717) is 52.9 Å². The summed E-state index contributed by atoms with van der Waals surface area (Å²) in [5.74, 6) is 0.827. The van der Waals surface area contributed by atoms with E-state index in [4.69, 9.17) is 14.2 Å². The number of pyridine rings is 1. The number of likely N-dealkylation sites (tertiary alicyclic amines) is 1. The third-order valence-electron chi connectivity index (χ3n) is 9.23. The monoisotopic (exact) mass is 634 g/mol. The largest absolute Gasteiger partial charge is 0.448 e. The summed E-state index contributed by atoms with van der Waals surface area (Å²) < 4.78 is 18.9. The second-order valence-corrected chi connectivity index (χ2v) is 12.9. The Kier molecular flexibility index (Phi) is 9.07. The first-order chi connectivity index (χ1) is 21.7. The highest BCUT2D eigenvalue weighted by molar-refractivity contribution is 7.98. The molecule has 2 N–H and O–H groups in total. The number of thioether (sulfide) groups is 1. The number of amides is 1. The van der Waals surface area contributed by atoms with Crippen molar-refractivity contribution < 1.29 is 19.0 Å². The normalized spacial score (nSPS) is 20.4. The molecular weight excluding hydrogens is 592 g/mol. The van der Waals surface area contributed by atoms with Crippen LogP contribution in [-0.2, 0) is 11.3 Å². The second kappa shape index (κ2) is 13.0. The third kappa shape index (κ3) is 6.28. The molecule has 3 aromatic rings. The fraction of sp³-hybridized carbons (Fsp3) is 0.515. The number of aryl methyl sites for hydroxylation is 1. The molecule has 0 aliphatic carbocycles. The van der Waals surface area contributed by atoms with Crippen LogP contribution in [0.3, 0.4) is 0 Å². The van der Waals surface area contributed by atoms with Crippen LogP contribution in [0.15, 0.2) is 34.2 Å². The molecule has 2 saturated heterocycles. The molecule has 11 nitrogen and oxygen atoms in total. The first-order valence-electron chi connectivity index (χ1n) is 15.7. The van der Waals surface area contributed by atoms with E-state index in [9.17, 15) is 9.59 Å². The van der Waals surface area contributed by atoms with Crippen molar-refractivity contribution in [3.05, 3.63) is 57.3 Å². The van der Waals surface area contributed by atoms with Gasteiger partial charge in [-0.1, -0.05) is 6.92 Å². The van der Waals surface area contributed by atoms with Crippen LogP contribution in [-0.4, -0.2) is 83.7 Å². The van der Waals surface area contributed by atoms with Gasteiger partial charge in [0.25, 0.3) is 17.3 Å². The predicted molar refractivity (Wildman–Crippen MR) is 174 cm³/mol. The lowest BCUT2D eigenvalue weighted by Gasteiger charge is -2.38. The average molecular weight is 635 g/mol. The molecule has 2 aromatic heterocycles. The highest BCUT2D eigenvalue weighted by Crippen LogP contribution is 2.52. The highest BCUT2D eigenvalue weighted by atomic mass is 32.2. The van der Waals surface area contributed by atoms with Crippen LogP contribution in [0, 0.1) is 19.8 Å². The number of carbonyl (C=O) groups excluding carboxylic acids is 1. The Bertz CT molecular complexity index is 1620. The number of piperidine rings is 1. The second-order valence-electron chi connectivity index (χ2n) is 12.1. The van der Waals surface area contributed by atoms with Gasteiger partial charge in [-0.2, -0.15) is 0 Å². The lowest BCUT2D eigenvalue weighted by atomic mass is 9.89. The summed E-state index contributed by atoms with van der Waals surface area (Å²) >= 11 is 1.48. The number of fused-ring (bicyclic) bond motifs is 1. The van der Waals surface area contributed by atoms with E-state index >= 15 is 0 Å². The molecule has 0 radical (unpaired) electrons. The van der Waals surface area contributed by atoms with Gasteiger partial charge in [-0.15, -0.1) is 11.8 Å². The minimum absolute atomic E-state index is 0.0961. The Morgan fingerprint density at radius 3 is 2.44 bits per heavy atom. The number of carbonyl (C=O) groups is 1. The lowest BCUT2D eigenvalue weighted by Crippen LogP contribution is -2.48. The van der Waals surface area contributed by atoms with Crippen LogP contribution < -0.4 is 25.2 Å². The Morgan fingerprint density at radius 1 is 1.09 bits per heavy atom. The maximum atomic E-state index is 13.8. The number of ether oxygens (including phenoxy) is 3. The zero-order valence-electron chi connectivity index (χ0n) is 26.7. The number of hydrogen-bond acceptors (Lipinski definition) is 10. The molecule has 1 amide bonds. The third-order valence-corrected chi connectivity index (χ3v) is 10.0. The molecule has 45 heavy (non-hydrogen) atoms. The van der Waals surface area contributed by atoms with Crippen LogP contribution in [0.25, 0.3) is 11.1 Å². The molecular formula is C33H42N6O5S. The van der Waals surface area contributed by atoms with Crippen molar-refractivity contribution in [3.8, 4) is 22.6 Å². The summed E-state index contributed by atoms with van der Waals surface area (Å²) in [7, 11) is 0. The van der Waals surface area contributed by atoms with E-state index < -0.39 is 5.79 Å². The maximum absolute atomic E-state index is 13.8. The topological polar surface area (TPSA) is 122 Å². The number of morpholine rings is 1. The highest BCUT2D eigenvalue weighted by Gasteiger charge is 2.47. The van der Waals surface area contributed by atoms with E-state index in [1.807, 2.05) is 39.2 Å². The van der Waals surface area contributed by atoms with E-state index in [0.717, 1.165) is 61.7 Å². The van der Waals surface area contributed by atoms with Crippen molar-refractivity contribution in [1.82, 2.24) is 25.2 Å². The number of H-pyrrole nitrogens is 1. The van der Waals surface area contributed by atoms with E-state index in [1.165, 1.54) is 11.8 Å². The standard InChI is InChI=1S/C33H42N6O5S/c1-6-38-9-7-23(8-10-38)33(4)43-28-21(3)24(30(40)34-19-26-27(45-5)15-20(2)37-31(26)41)16-25(29(28)44-33)22-17-35-32(36-18-22)39-11-13-42-14-12-39/h15-18,23H,6-14,19H2,1-5H3,(H,34,40)(H,37,41). The Morgan fingerprint density at radius 2 is 1.78 bits per heavy atom. The van der Waals surface area contributed by atoms with Gasteiger partial charge in [-0.25, -0.2) is 9.97 Å². The van der Waals surface area contributed by atoms with Crippen LogP contribution in [0.4, 0.5) is 5.95 Å². The number of aromatic amines is 1.